The average molecular weight is 171 g/mol. The Balaban J connectivity index is 2.33. The molecule has 0 spiro atoms. The first-order valence-corrected chi connectivity index (χ1v) is 4.39. The van der Waals surface area contributed by atoms with E-state index < -0.39 is 0 Å². The second-order valence-electron chi connectivity index (χ2n) is 3.20. The molecule has 0 aromatic heterocycles. The minimum Gasteiger partial charge on any atom is -0.358 e. The molecule has 1 heterocycles. The summed E-state index contributed by atoms with van der Waals surface area (Å²) < 4.78 is 0. The molecule has 1 rings (SSSR count). The summed E-state index contributed by atoms with van der Waals surface area (Å²) in [4.78, 5) is 13.2. The number of nitrogens with zero attached hydrogens (tertiary/aromatic N) is 1. The number of hydrogen-bond acceptors (Lipinski definition) is 3. The Morgan fingerprint density at radius 1 is 1.75 bits per heavy atom. The van der Waals surface area contributed by atoms with Gasteiger partial charge in [0, 0.05) is 32.7 Å². The molecule has 0 aromatic rings. The van der Waals surface area contributed by atoms with E-state index in [1.807, 2.05) is 0 Å². The Hall–Kier alpha value is -0.610. The van der Waals surface area contributed by atoms with Crippen molar-refractivity contribution in [2.75, 3.05) is 33.2 Å². The van der Waals surface area contributed by atoms with Crippen molar-refractivity contribution in [2.24, 2.45) is 0 Å². The molecule has 0 bridgehead atoms. The highest BCUT2D eigenvalue weighted by molar-refractivity contribution is 5.77. The molecular weight excluding hydrogens is 154 g/mol. The molecule has 1 atom stereocenters. The van der Waals surface area contributed by atoms with E-state index in [4.69, 9.17) is 0 Å². The van der Waals surface area contributed by atoms with Gasteiger partial charge in [-0.15, -0.1) is 0 Å². The third-order valence-corrected chi connectivity index (χ3v) is 2.26. The fraction of sp³-hybridized carbons (Fsp3) is 0.875. The van der Waals surface area contributed by atoms with Crippen molar-refractivity contribution < 1.29 is 4.79 Å². The van der Waals surface area contributed by atoms with Gasteiger partial charge < -0.3 is 10.6 Å². The molecule has 12 heavy (non-hydrogen) atoms. The van der Waals surface area contributed by atoms with E-state index in [1.165, 1.54) is 0 Å². The number of carbonyl (C=O) groups excluding carboxylic acids is 1. The quantitative estimate of drug-likeness (QED) is 0.561. The highest BCUT2D eigenvalue weighted by Gasteiger charge is 2.19. The van der Waals surface area contributed by atoms with Crippen molar-refractivity contribution in [3.05, 3.63) is 0 Å². The summed E-state index contributed by atoms with van der Waals surface area (Å²) in [6, 6.07) is 0.469. The summed E-state index contributed by atoms with van der Waals surface area (Å²) in [5.41, 5.74) is 0. The van der Waals surface area contributed by atoms with Crippen LogP contribution < -0.4 is 10.6 Å². The van der Waals surface area contributed by atoms with Gasteiger partial charge in [-0.05, 0) is 6.92 Å². The number of rotatable bonds is 2. The summed E-state index contributed by atoms with van der Waals surface area (Å²) in [6.07, 6.45) is 0. The van der Waals surface area contributed by atoms with Crippen LogP contribution in [-0.4, -0.2) is 50.1 Å². The van der Waals surface area contributed by atoms with E-state index in [0.717, 1.165) is 19.6 Å². The highest BCUT2D eigenvalue weighted by atomic mass is 16.1. The first-order valence-electron chi connectivity index (χ1n) is 4.39. The highest BCUT2D eigenvalue weighted by Crippen LogP contribution is 2.00. The number of piperazine rings is 1. The SMILES string of the molecule is CNC(=O)CN1CCNC[C@H]1C. The van der Waals surface area contributed by atoms with Crippen LogP contribution in [0.3, 0.4) is 0 Å². The van der Waals surface area contributed by atoms with Crippen LogP contribution in [0, 0.1) is 0 Å². The van der Waals surface area contributed by atoms with Gasteiger partial charge in [0.1, 0.15) is 0 Å². The van der Waals surface area contributed by atoms with Crippen molar-refractivity contribution in [1.29, 1.82) is 0 Å². The van der Waals surface area contributed by atoms with Crippen molar-refractivity contribution in [3.8, 4) is 0 Å². The Labute approximate surface area is 73.3 Å². The third kappa shape index (κ3) is 2.46. The van der Waals surface area contributed by atoms with Gasteiger partial charge in [0.05, 0.1) is 6.54 Å². The number of nitrogens with one attached hydrogen (secondary N) is 2. The Kier molecular flexibility index (Phi) is 3.49. The van der Waals surface area contributed by atoms with E-state index >= 15 is 0 Å². The minimum atomic E-state index is 0.101. The zero-order valence-electron chi connectivity index (χ0n) is 7.76. The van der Waals surface area contributed by atoms with Crippen LogP contribution in [0.2, 0.25) is 0 Å². The van der Waals surface area contributed by atoms with Crippen LogP contribution in [0.15, 0.2) is 0 Å². The molecule has 70 valence electrons. The van der Waals surface area contributed by atoms with Gasteiger partial charge in [-0.25, -0.2) is 0 Å². The van der Waals surface area contributed by atoms with Crippen molar-refractivity contribution in [1.82, 2.24) is 15.5 Å². The second kappa shape index (κ2) is 4.42. The normalized spacial score (nSPS) is 25.3. The van der Waals surface area contributed by atoms with E-state index in [0.29, 0.717) is 12.6 Å². The number of amides is 1. The molecule has 0 unspecified atom stereocenters. The standard InChI is InChI=1S/C8H17N3O/c1-7-5-10-3-4-11(7)6-8(12)9-2/h7,10H,3-6H2,1-2H3,(H,9,12)/t7-/m1/s1. The van der Waals surface area contributed by atoms with Crippen molar-refractivity contribution in [3.63, 3.8) is 0 Å². The molecule has 2 N–H and O–H groups in total. The third-order valence-electron chi connectivity index (χ3n) is 2.26. The van der Waals surface area contributed by atoms with Crippen LogP contribution in [0.5, 0.6) is 0 Å². The lowest BCUT2D eigenvalue weighted by Crippen LogP contribution is -2.52. The predicted octanol–water partition coefficient (Wildman–Crippen LogP) is -0.974. The topological polar surface area (TPSA) is 44.4 Å². The van der Waals surface area contributed by atoms with Gasteiger partial charge in [-0.1, -0.05) is 0 Å². The predicted molar refractivity (Wildman–Crippen MR) is 48.0 cm³/mol. The van der Waals surface area contributed by atoms with Gasteiger partial charge in [0.2, 0.25) is 5.91 Å². The number of likely N-dealkylation sites (N-methyl/N-ethyl adjacent to an activating group) is 1. The smallest absolute Gasteiger partial charge is 0.233 e. The Morgan fingerprint density at radius 2 is 2.50 bits per heavy atom. The average Bonchev–Trinajstić information content (AvgIpc) is 2.09. The van der Waals surface area contributed by atoms with Gasteiger partial charge in [-0.2, -0.15) is 0 Å². The lowest BCUT2D eigenvalue weighted by atomic mass is 10.2. The summed E-state index contributed by atoms with van der Waals surface area (Å²) in [5.74, 6) is 0.101. The molecule has 0 aliphatic carbocycles. The molecule has 0 saturated carbocycles. The monoisotopic (exact) mass is 171 g/mol. The van der Waals surface area contributed by atoms with Crippen LogP contribution in [0.1, 0.15) is 6.92 Å². The maximum atomic E-state index is 11.1. The number of hydrogen-bond donors (Lipinski definition) is 2. The van der Waals surface area contributed by atoms with Gasteiger partial charge in [0.25, 0.3) is 0 Å². The van der Waals surface area contributed by atoms with E-state index in [1.54, 1.807) is 7.05 Å². The summed E-state index contributed by atoms with van der Waals surface area (Å²) >= 11 is 0. The maximum absolute atomic E-state index is 11.1. The Morgan fingerprint density at radius 3 is 3.08 bits per heavy atom. The number of carbonyl (C=O) groups is 1. The van der Waals surface area contributed by atoms with Gasteiger partial charge in [-0.3, -0.25) is 9.69 Å². The summed E-state index contributed by atoms with van der Waals surface area (Å²) in [5, 5.41) is 5.91. The van der Waals surface area contributed by atoms with E-state index in [2.05, 4.69) is 22.5 Å². The van der Waals surface area contributed by atoms with Gasteiger partial charge in [0.15, 0.2) is 0 Å². The van der Waals surface area contributed by atoms with E-state index in [-0.39, 0.29) is 5.91 Å². The fourth-order valence-corrected chi connectivity index (χ4v) is 1.38. The largest absolute Gasteiger partial charge is 0.358 e. The first kappa shape index (κ1) is 9.48. The molecular formula is C8H17N3O. The molecule has 1 aliphatic rings. The zero-order chi connectivity index (χ0) is 8.97. The van der Waals surface area contributed by atoms with Crippen molar-refractivity contribution >= 4 is 5.91 Å². The summed E-state index contributed by atoms with van der Waals surface area (Å²) in [7, 11) is 1.68. The lowest BCUT2D eigenvalue weighted by molar-refractivity contribution is -0.122. The maximum Gasteiger partial charge on any atom is 0.233 e. The molecule has 4 heteroatoms. The molecule has 1 fully saturated rings. The fourth-order valence-electron chi connectivity index (χ4n) is 1.38. The molecule has 0 radical (unpaired) electrons. The van der Waals surface area contributed by atoms with E-state index in [9.17, 15) is 4.79 Å². The van der Waals surface area contributed by atoms with Crippen LogP contribution >= 0.6 is 0 Å². The molecule has 4 nitrogen and oxygen atoms in total. The molecule has 0 aromatic carbocycles. The summed E-state index contributed by atoms with van der Waals surface area (Å²) in [6.45, 7) is 5.60. The zero-order valence-corrected chi connectivity index (χ0v) is 7.76. The van der Waals surface area contributed by atoms with Gasteiger partial charge >= 0.3 is 0 Å². The van der Waals surface area contributed by atoms with Crippen LogP contribution in [0.4, 0.5) is 0 Å². The molecule has 1 amide bonds. The molecule has 1 aliphatic heterocycles. The second-order valence-corrected chi connectivity index (χ2v) is 3.20. The van der Waals surface area contributed by atoms with Crippen LogP contribution in [-0.2, 0) is 4.79 Å². The van der Waals surface area contributed by atoms with Crippen molar-refractivity contribution in [2.45, 2.75) is 13.0 Å². The lowest BCUT2D eigenvalue weighted by Gasteiger charge is -2.32. The molecule has 1 saturated heterocycles. The minimum absolute atomic E-state index is 0.101. The van der Waals surface area contributed by atoms with Crippen LogP contribution in [0.25, 0.3) is 0 Å². The first-order chi connectivity index (χ1) is 5.74. The Bertz CT molecular complexity index is 160.